The van der Waals surface area contributed by atoms with Crippen molar-refractivity contribution in [1.29, 1.82) is 0 Å². The van der Waals surface area contributed by atoms with Crippen LogP contribution in [0.5, 0.6) is 0 Å². The summed E-state index contributed by atoms with van der Waals surface area (Å²) in [6.45, 7) is 10.5. The lowest BCUT2D eigenvalue weighted by atomic mass is 10.1. The highest BCUT2D eigenvalue weighted by Crippen LogP contribution is 2.16. The first-order valence-electron chi connectivity index (χ1n) is 6.83. The van der Waals surface area contributed by atoms with Gasteiger partial charge in [-0.05, 0) is 57.8 Å². The normalized spacial score (nSPS) is 24.4. The van der Waals surface area contributed by atoms with E-state index in [1.54, 1.807) is 0 Å². The summed E-state index contributed by atoms with van der Waals surface area (Å²) >= 11 is 0. The molecule has 2 aliphatic rings. The van der Waals surface area contributed by atoms with Gasteiger partial charge in [0.1, 0.15) is 0 Å². The van der Waals surface area contributed by atoms with Crippen molar-refractivity contribution in [3.8, 4) is 0 Å². The van der Waals surface area contributed by atoms with Gasteiger partial charge >= 0.3 is 0 Å². The molecule has 2 aliphatic heterocycles. The Morgan fingerprint density at radius 2 is 1.20 bits per heavy atom. The molecule has 0 radical (unpaired) electrons. The predicted octanol–water partition coefficient (Wildman–Crippen LogP) is 2.20. The highest BCUT2D eigenvalue weighted by molar-refractivity contribution is 4.75. The van der Waals surface area contributed by atoms with Gasteiger partial charge in [-0.2, -0.15) is 0 Å². The van der Waals surface area contributed by atoms with E-state index >= 15 is 0 Å². The molecule has 0 saturated carbocycles. The van der Waals surface area contributed by atoms with E-state index in [4.69, 9.17) is 0 Å². The Kier molecular flexibility index (Phi) is 4.45. The first-order chi connectivity index (χ1) is 7.38. The molecule has 0 bridgehead atoms. The van der Waals surface area contributed by atoms with Crippen LogP contribution in [0.25, 0.3) is 0 Å². The Labute approximate surface area is 94.6 Å². The van der Waals surface area contributed by atoms with E-state index < -0.39 is 0 Å². The van der Waals surface area contributed by atoms with Crippen molar-refractivity contribution >= 4 is 0 Å². The highest BCUT2D eigenvalue weighted by Gasteiger charge is 2.20. The largest absolute Gasteiger partial charge is 0.303 e. The first-order valence-corrected chi connectivity index (χ1v) is 6.83. The highest BCUT2D eigenvalue weighted by atomic mass is 15.2. The van der Waals surface area contributed by atoms with Gasteiger partial charge in [0.05, 0.1) is 0 Å². The van der Waals surface area contributed by atoms with Crippen LogP contribution in [0.4, 0.5) is 0 Å². The molecule has 0 N–H and O–H groups in total. The zero-order valence-electron chi connectivity index (χ0n) is 10.2. The second kappa shape index (κ2) is 5.86. The molecule has 2 saturated heterocycles. The minimum Gasteiger partial charge on any atom is -0.303 e. The molecule has 0 spiro atoms. The smallest absolute Gasteiger partial charge is 0.00218 e. The summed E-state index contributed by atoms with van der Waals surface area (Å²) in [6, 6.07) is 0. The SMILES string of the molecule is CCC(CN1CCCC1)CN1CCCC1. The fourth-order valence-corrected chi connectivity index (χ4v) is 2.98. The van der Waals surface area contributed by atoms with Gasteiger partial charge in [0.2, 0.25) is 0 Å². The Morgan fingerprint density at radius 3 is 1.53 bits per heavy atom. The van der Waals surface area contributed by atoms with Gasteiger partial charge < -0.3 is 9.80 Å². The van der Waals surface area contributed by atoms with Crippen molar-refractivity contribution < 1.29 is 0 Å². The van der Waals surface area contributed by atoms with Crippen LogP contribution in [-0.2, 0) is 0 Å². The van der Waals surface area contributed by atoms with Crippen LogP contribution in [0.3, 0.4) is 0 Å². The van der Waals surface area contributed by atoms with Crippen molar-refractivity contribution in [2.24, 2.45) is 5.92 Å². The number of hydrogen-bond donors (Lipinski definition) is 0. The summed E-state index contributed by atoms with van der Waals surface area (Å²) in [7, 11) is 0. The minimum absolute atomic E-state index is 0.918. The molecule has 0 aliphatic carbocycles. The molecule has 0 unspecified atom stereocenters. The van der Waals surface area contributed by atoms with Gasteiger partial charge in [0.25, 0.3) is 0 Å². The van der Waals surface area contributed by atoms with Crippen LogP contribution >= 0.6 is 0 Å². The molecule has 15 heavy (non-hydrogen) atoms. The molecule has 0 atom stereocenters. The predicted molar refractivity (Wildman–Crippen MR) is 65.1 cm³/mol. The first kappa shape index (κ1) is 11.4. The lowest BCUT2D eigenvalue weighted by Gasteiger charge is -2.26. The van der Waals surface area contributed by atoms with Gasteiger partial charge in [-0.25, -0.2) is 0 Å². The average molecular weight is 210 g/mol. The molecule has 0 amide bonds. The maximum absolute atomic E-state index is 2.67. The second-order valence-electron chi connectivity index (χ2n) is 5.29. The maximum Gasteiger partial charge on any atom is 0.00218 e. The van der Waals surface area contributed by atoms with E-state index in [1.807, 2.05) is 0 Å². The van der Waals surface area contributed by atoms with E-state index in [-0.39, 0.29) is 0 Å². The molecule has 0 aromatic carbocycles. The quantitative estimate of drug-likeness (QED) is 0.686. The monoisotopic (exact) mass is 210 g/mol. The Balaban J connectivity index is 1.70. The molecule has 2 heteroatoms. The van der Waals surface area contributed by atoms with Crippen LogP contribution in [-0.4, -0.2) is 49.1 Å². The number of nitrogens with zero attached hydrogens (tertiary/aromatic N) is 2. The molecule has 88 valence electrons. The fraction of sp³-hybridized carbons (Fsp3) is 1.00. The van der Waals surface area contributed by atoms with Crippen LogP contribution in [0.1, 0.15) is 39.0 Å². The van der Waals surface area contributed by atoms with E-state index in [9.17, 15) is 0 Å². The van der Waals surface area contributed by atoms with Crippen molar-refractivity contribution in [2.75, 3.05) is 39.3 Å². The number of hydrogen-bond acceptors (Lipinski definition) is 2. The third-order valence-corrected chi connectivity index (χ3v) is 4.01. The fourth-order valence-electron chi connectivity index (χ4n) is 2.98. The van der Waals surface area contributed by atoms with Gasteiger partial charge in [0.15, 0.2) is 0 Å². The van der Waals surface area contributed by atoms with E-state index in [0.29, 0.717) is 0 Å². The van der Waals surface area contributed by atoms with Gasteiger partial charge in [-0.3, -0.25) is 0 Å². The van der Waals surface area contributed by atoms with E-state index in [0.717, 1.165) is 5.92 Å². The Hall–Kier alpha value is -0.0800. The molecule has 2 nitrogen and oxygen atoms in total. The molecule has 2 fully saturated rings. The zero-order valence-corrected chi connectivity index (χ0v) is 10.2. The number of likely N-dealkylation sites (tertiary alicyclic amines) is 2. The molecular weight excluding hydrogens is 184 g/mol. The summed E-state index contributed by atoms with van der Waals surface area (Å²) < 4.78 is 0. The van der Waals surface area contributed by atoms with E-state index in [2.05, 4.69) is 16.7 Å². The third-order valence-electron chi connectivity index (χ3n) is 4.01. The second-order valence-corrected chi connectivity index (χ2v) is 5.29. The third kappa shape index (κ3) is 3.46. The van der Waals surface area contributed by atoms with Gasteiger partial charge in [0, 0.05) is 13.1 Å². The van der Waals surface area contributed by atoms with Crippen molar-refractivity contribution in [3.63, 3.8) is 0 Å². The van der Waals surface area contributed by atoms with Crippen molar-refractivity contribution in [1.82, 2.24) is 9.80 Å². The van der Waals surface area contributed by atoms with Crippen molar-refractivity contribution in [3.05, 3.63) is 0 Å². The maximum atomic E-state index is 2.67. The van der Waals surface area contributed by atoms with Gasteiger partial charge in [-0.15, -0.1) is 0 Å². The van der Waals surface area contributed by atoms with Crippen LogP contribution in [0, 0.1) is 5.92 Å². The summed E-state index contributed by atoms with van der Waals surface area (Å²) in [5, 5.41) is 0. The number of rotatable bonds is 5. The minimum atomic E-state index is 0.918. The van der Waals surface area contributed by atoms with Gasteiger partial charge in [-0.1, -0.05) is 13.3 Å². The summed E-state index contributed by atoms with van der Waals surface area (Å²) in [5.41, 5.74) is 0. The lowest BCUT2D eigenvalue weighted by molar-refractivity contribution is 0.210. The Bertz CT molecular complexity index is 151. The van der Waals surface area contributed by atoms with E-state index in [1.165, 1.54) is 71.4 Å². The molecule has 0 aromatic rings. The van der Waals surface area contributed by atoms with Crippen LogP contribution in [0.2, 0.25) is 0 Å². The standard InChI is InChI=1S/C13H26N2/c1-2-13(11-14-7-3-4-8-14)12-15-9-5-6-10-15/h13H,2-12H2,1H3. The molecule has 2 rings (SSSR count). The zero-order chi connectivity index (χ0) is 10.5. The lowest BCUT2D eigenvalue weighted by Crippen LogP contribution is -2.34. The molecule has 0 aromatic heterocycles. The summed E-state index contributed by atoms with van der Waals surface area (Å²) in [4.78, 5) is 5.34. The van der Waals surface area contributed by atoms with Crippen LogP contribution < -0.4 is 0 Å². The Morgan fingerprint density at radius 1 is 0.800 bits per heavy atom. The summed E-state index contributed by atoms with van der Waals surface area (Å²) in [5.74, 6) is 0.918. The molecule has 2 heterocycles. The van der Waals surface area contributed by atoms with Crippen molar-refractivity contribution in [2.45, 2.75) is 39.0 Å². The summed E-state index contributed by atoms with van der Waals surface area (Å²) in [6.07, 6.45) is 7.08. The van der Waals surface area contributed by atoms with Crippen LogP contribution in [0.15, 0.2) is 0 Å². The molecular formula is C13H26N2. The topological polar surface area (TPSA) is 6.48 Å². The average Bonchev–Trinajstić information content (AvgIpc) is 2.89.